The first-order chi connectivity index (χ1) is 7.08. The molecule has 1 aromatic carbocycles. The number of benzene rings is 1. The quantitative estimate of drug-likeness (QED) is 0.579. The van der Waals surface area contributed by atoms with Crippen LogP contribution in [0.25, 0.3) is 10.1 Å². The number of nitro groups is 1. The monoisotopic (exact) mass is 222 g/mol. The lowest BCUT2D eigenvalue weighted by Gasteiger charge is -2.06. The van der Waals surface area contributed by atoms with Crippen molar-refractivity contribution in [1.29, 1.82) is 0 Å². The Morgan fingerprint density at radius 2 is 2.07 bits per heavy atom. The molecule has 2 aromatic rings. The number of anilines is 1. The molecule has 0 atom stereocenters. The topological polar surface area (TPSA) is 46.4 Å². The van der Waals surface area contributed by atoms with Gasteiger partial charge < -0.3 is 4.90 Å². The van der Waals surface area contributed by atoms with Gasteiger partial charge in [-0.1, -0.05) is 0 Å². The number of nitro benzene ring substituents is 1. The van der Waals surface area contributed by atoms with Crippen molar-refractivity contribution in [3.8, 4) is 0 Å². The Bertz CT molecular complexity index is 519. The highest BCUT2D eigenvalue weighted by Gasteiger charge is 2.09. The van der Waals surface area contributed by atoms with E-state index in [0.29, 0.717) is 0 Å². The summed E-state index contributed by atoms with van der Waals surface area (Å²) in [6, 6.07) is 6.91. The molecule has 78 valence electrons. The summed E-state index contributed by atoms with van der Waals surface area (Å²) in [4.78, 5) is 12.2. The van der Waals surface area contributed by atoms with Crippen LogP contribution in [-0.2, 0) is 0 Å². The van der Waals surface area contributed by atoms with Crippen LogP contribution in [0.2, 0.25) is 0 Å². The van der Waals surface area contributed by atoms with E-state index in [4.69, 9.17) is 0 Å². The van der Waals surface area contributed by atoms with Crippen molar-refractivity contribution in [3.05, 3.63) is 34.4 Å². The molecule has 0 N–H and O–H groups in total. The van der Waals surface area contributed by atoms with E-state index in [1.54, 1.807) is 23.5 Å². The summed E-state index contributed by atoms with van der Waals surface area (Å²) in [7, 11) is 3.91. The van der Waals surface area contributed by atoms with Crippen LogP contribution in [0.5, 0.6) is 0 Å². The first-order valence-electron chi connectivity index (χ1n) is 4.43. The largest absolute Gasteiger partial charge is 0.370 e. The van der Waals surface area contributed by atoms with Gasteiger partial charge in [-0.25, -0.2) is 0 Å². The summed E-state index contributed by atoms with van der Waals surface area (Å²) in [6.07, 6.45) is 0. The number of hydrogen-bond donors (Lipinski definition) is 0. The van der Waals surface area contributed by atoms with Crippen LogP contribution in [0.1, 0.15) is 0 Å². The number of hydrogen-bond acceptors (Lipinski definition) is 4. The molecule has 0 radical (unpaired) electrons. The van der Waals surface area contributed by atoms with E-state index in [1.807, 2.05) is 25.1 Å². The van der Waals surface area contributed by atoms with Crippen LogP contribution in [0.4, 0.5) is 10.7 Å². The molecule has 0 saturated heterocycles. The van der Waals surface area contributed by atoms with E-state index in [-0.39, 0.29) is 10.6 Å². The van der Waals surface area contributed by atoms with Crippen LogP contribution in [0.15, 0.2) is 24.3 Å². The zero-order valence-corrected chi connectivity index (χ0v) is 9.25. The predicted octanol–water partition coefficient (Wildman–Crippen LogP) is 2.88. The highest BCUT2D eigenvalue weighted by molar-refractivity contribution is 7.22. The molecule has 1 heterocycles. The first kappa shape index (κ1) is 9.92. The fourth-order valence-electron chi connectivity index (χ4n) is 1.35. The summed E-state index contributed by atoms with van der Waals surface area (Å²) < 4.78 is 1.07. The number of rotatable bonds is 2. The van der Waals surface area contributed by atoms with Gasteiger partial charge in [0.05, 0.1) is 9.92 Å². The Morgan fingerprint density at radius 3 is 2.67 bits per heavy atom. The lowest BCUT2D eigenvalue weighted by Crippen LogP contribution is -2.05. The second-order valence-corrected chi connectivity index (χ2v) is 4.52. The molecule has 0 saturated carbocycles. The molecule has 1 aromatic heterocycles. The molecule has 0 aliphatic rings. The smallest absolute Gasteiger partial charge is 0.270 e. The zero-order chi connectivity index (χ0) is 11.0. The van der Waals surface area contributed by atoms with Crippen molar-refractivity contribution in [1.82, 2.24) is 0 Å². The number of non-ortho nitro benzene ring substituents is 1. The van der Waals surface area contributed by atoms with Gasteiger partial charge >= 0.3 is 0 Å². The van der Waals surface area contributed by atoms with E-state index in [1.165, 1.54) is 6.07 Å². The summed E-state index contributed by atoms with van der Waals surface area (Å²) in [5, 5.41) is 12.6. The summed E-state index contributed by atoms with van der Waals surface area (Å²) in [5.74, 6) is 0. The Hall–Kier alpha value is -1.62. The van der Waals surface area contributed by atoms with Gasteiger partial charge in [0, 0.05) is 36.3 Å². The van der Waals surface area contributed by atoms with Gasteiger partial charge in [-0.15, -0.1) is 11.3 Å². The van der Waals surface area contributed by atoms with Gasteiger partial charge in [-0.2, -0.15) is 0 Å². The third-order valence-corrected chi connectivity index (χ3v) is 3.42. The van der Waals surface area contributed by atoms with Gasteiger partial charge in [0.25, 0.3) is 5.69 Å². The maximum Gasteiger partial charge on any atom is 0.270 e. The van der Waals surface area contributed by atoms with Crippen LogP contribution >= 0.6 is 11.3 Å². The Morgan fingerprint density at radius 1 is 1.33 bits per heavy atom. The fourth-order valence-corrected chi connectivity index (χ4v) is 2.32. The molecule has 4 nitrogen and oxygen atoms in total. The van der Waals surface area contributed by atoms with Crippen molar-refractivity contribution in [2.75, 3.05) is 19.0 Å². The van der Waals surface area contributed by atoms with Crippen LogP contribution in [-0.4, -0.2) is 19.0 Å². The molecule has 0 unspecified atom stereocenters. The van der Waals surface area contributed by atoms with E-state index in [0.717, 1.165) is 15.1 Å². The molecule has 0 spiro atoms. The Balaban J connectivity index is 2.57. The SMILES string of the molecule is CN(C)c1cc2cc([N+](=O)[O-])ccc2s1. The van der Waals surface area contributed by atoms with Crippen molar-refractivity contribution < 1.29 is 4.92 Å². The number of thiophene rings is 1. The highest BCUT2D eigenvalue weighted by Crippen LogP contribution is 2.33. The van der Waals surface area contributed by atoms with Crippen LogP contribution in [0, 0.1) is 10.1 Å². The van der Waals surface area contributed by atoms with Gasteiger partial charge in [-0.3, -0.25) is 10.1 Å². The van der Waals surface area contributed by atoms with Crippen molar-refractivity contribution in [2.24, 2.45) is 0 Å². The van der Waals surface area contributed by atoms with Crippen molar-refractivity contribution in [2.45, 2.75) is 0 Å². The fraction of sp³-hybridized carbons (Fsp3) is 0.200. The summed E-state index contributed by atoms with van der Waals surface area (Å²) >= 11 is 1.63. The molecule has 2 rings (SSSR count). The summed E-state index contributed by atoms with van der Waals surface area (Å²) in [5.41, 5.74) is 0.144. The van der Waals surface area contributed by atoms with Gasteiger partial charge in [0.15, 0.2) is 0 Å². The lowest BCUT2D eigenvalue weighted by atomic mass is 10.2. The van der Waals surface area contributed by atoms with Crippen molar-refractivity contribution >= 4 is 32.1 Å². The van der Waals surface area contributed by atoms with Gasteiger partial charge in [0.2, 0.25) is 0 Å². The molecular weight excluding hydrogens is 212 g/mol. The standard InChI is InChI=1S/C10H10N2O2S/c1-11(2)10-6-7-5-8(12(13)14)3-4-9(7)15-10/h3-6H,1-2H3. The maximum absolute atomic E-state index is 10.6. The second kappa shape index (κ2) is 3.51. The minimum Gasteiger partial charge on any atom is -0.370 e. The Labute approximate surface area is 90.9 Å². The molecular formula is C10H10N2O2S. The second-order valence-electron chi connectivity index (χ2n) is 3.46. The molecule has 0 aliphatic carbocycles. The zero-order valence-electron chi connectivity index (χ0n) is 8.43. The molecule has 0 amide bonds. The number of nitrogens with zero attached hydrogens (tertiary/aromatic N) is 2. The van der Waals surface area contributed by atoms with E-state index >= 15 is 0 Å². The minimum absolute atomic E-state index is 0.144. The average Bonchev–Trinajstić information content (AvgIpc) is 2.59. The molecule has 5 heteroatoms. The third-order valence-electron chi connectivity index (χ3n) is 2.14. The maximum atomic E-state index is 10.6. The average molecular weight is 222 g/mol. The first-order valence-corrected chi connectivity index (χ1v) is 5.25. The lowest BCUT2D eigenvalue weighted by molar-refractivity contribution is -0.384. The molecule has 0 aliphatic heterocycles. The van der Waals surface area contributed by atoms with E-state index in [9.17, 15) is 10.1 Å². The van der Waals surface area contributed by atoms with Crippen LogP contribution in [0.3, 0.4) is 0 Å². The van der Waals surface area contributed by atoms with E-state index < -0.39 is 0 Å². The molecule has 0 bridgehead atoms. The number of fused-ring (bicyclic) bond motifs is 1. The molecule has 0 fully saturated rings. The van der Waals surface area contributed by atoms with Gasteiger partial charge in [-0.05, 0) is 12.1 Å². The highest BCUT2D eigenvalue weighted by atomic mass is 32.1. The Kier molecular flexibility index (Phi) is 2.32. The van der Waals surface area contributed by atoms with Crippen molar-refractivity contribution in [3.63, 3.8) is 0 Å². The predicted molar refractivity (Wildman–Crippen MR) is 62.8 cm³/mol. The molecule has 15 heavy (non-hydrogen) atoms. The summed E-state index contributed by atoms with van der Waals surface area (Å²) in [6.45, 7) is 0. The van der Waals surface area contributed by atoms with E-state index in [2.05, 4.69) is 0 Å². The van der Waals surface area contributed by atoms with Gasteiger partial charge in [0.1, 0.15) is 0 Å². The normalized spacial score (nSPS) is 10.5. The third kappa shape index (κ3) is 1.78. The minimum atomic E-state index is -0.369. The van der Waals surface area contributed by atoms with Crippen LogP contribution < -0.4 is 4.90 Å².